The highest BCUT2D eigenvalue weighted by Gasteiger charge is 2.35. The summed E-state index contributed by atoms with van der Waals surface area (Å²) in [6.45, 7) is 1.76. The van der Waals surface area contributed by atoms with Gasteiger partial charge in [0.2, 0.25) is 11.8 Å². The average Bonchev–Trinajstić information content (AvgIpc) is 3.19. The molecule has 2 aromatic rings. The minimum absolute atomic E-state index is 0.0208. The first kappa shape index (κ1) is 20.1. The highest BCUT2D eigenvalue weighted by molar-refractivity contribution is 6.04. The van der Waals surface area contributed by atoms with Gasteiger partial charge in [-0.25, -0.2) is 9.80 Å². The molecule has 1 aliphatic heterocycles. The summed E-state index contributed by atoms with van der Waals surface area (Å²) in [5, 5.41) is 16.8. The van der Waals surface area contributed by atoms with Crippen LogP contribution in [0.25, 0.3) is 0 Å². The van der Waals surface area contributed by atoms with Gasteiger partial charge in [0.25, 0.3) is 5.56 Å². The van der Waals surface area contributed by atoms with Crippen molar-refractivity contribution in [1.82, 2.24) is 14.6 Å². The zero-order valence-corrected chi connectivity index (χ0v) is 17.0. The van der Waals surface area contributed by atoms with Gasteiger partial charge < -0.3 is 5.11 Å². The lowest BCUT2D eigenvalue weighted by molar-refractivity contribution is -0.132. The van der Waals surface area contributed by atoms with E-state index in [1.807, 2.05) is 30.3 Å². The molecular weight excluding hydrogens is 384 g/mol. The number of rotatable bonds is 4. The van der Waals surface area contributed by atoms with Crippen molar-refractivity contribution >= 4 is 11.6 Å². The van der Waals surface area contributed by atoms with Gasteiger partial charge in [0.05, 0.1) is 11.8 Å². The van der Waals surface area contributed by atoms with Crippen LogP contribution in [0.5, 0.6) is 5.88 Å². The van der Waals surface area contributed by atoms with Crippen molar-refractivity contribution in [1.29, 1.82) is 0 Å². The Balaban J connectivity index is 1.79. The lowest BCUT2D eigenvalue weighted by Crippen LogP contribution is -2.36. The maximum Gasteiger partial charge on any atom is 0.331 e. The summed E-state index contributed by atoms with van der Waals surface area (Å²) in [5.41, 5.74) is -0.0928. The largest absolute Gasteiger partial charge is 0.494 e. The minimum atomic E-state index is -0.680. The molecule has 1 aromatic heterocycles. The third-order valence-corrected chi connectivity index (χ3v) is 6.00. The first-order valence-corrected chi connectivity index (χ1v) is 10.5. The molecule has 8 heteroatoms. The van der Waals surface area contributed by atoms with E-state index in [0.29, 0.717) is 5.71 Å². The van der Waals surface area contributed by atoms with E-state index in [1.54, 1.807) is 6.92 Å². The van der Waals surface area contributed by atoms with Gasteiger partial charge in [-0.05, 0) is 18.4 Å². The van der Waals surface area contributed by atoms with E-state index in [-0.39, 0.29) is 42.3 Å². The summed E-state index contributed by atoms with van der Waals surface area (Å²) in [6, 6.07) is 8.97. The molecule has 0 spiro atoms. The number of hydrogen-bond donors (Lipinski definition) is 2. The maximum atomic E-state index is 12.7. The van der Waals surface area contributed by atoms with E-state index in [0.717, 1.165) is 37.7 Å². The summed E-state index contributed by atoms with van der Waals surface area (Å²) in [4.78, 5) is 40.0. The number of aromatic hydroxyl groups is 1. The second kappa shape index (κ2) is 8.30. The molecule has 158 valence electrons. The number of H-pyrrole nitrogens is 1. The molecule has 1 saturated carbocycles. The van der Waals surface area contributed by atoms with Crippen LogP contribution in [0.2, 0.25) is 0 Å². The fourth-order valence-corrected chi connectivity index (χ4v) is 4.46. The molecule has 4 rings (SSSR count). The summed E-state index contributed by atoms with van der Waals surface area (Å²) in [5.74, 6) is -0.526. The topological polar surface area (TPSA) is 108 Å². The molecule has 2 heterocycles. The third-order valence-electron chi connectivity index (χ3n) is 6.00. The van der Waals surface area contributed by atoms with Crippen LogP contribution in [0, 0.1) is 0 Å². The average molecular weight is 410 g/mol. The van der Waals surface area contributed by atoms with Crippen molar-refractivity contribution < 1.29 is 9.90 Å². The van der Waals surface area contributed by atoms with Crippen LogP contribution in [0.1, 0.15) is 75.1 Å². The molecule has 0 radical (unpaired) electrons. The van der Waals surface area contributed by atoms with Gasteiger partial charge in [-0.2, -0.15) is 5.10 Å². The Morgan fingerprint density at radius 1 is 1.17 bits per heavy atom. The van der Waals surface area contributed by atoms with Crippen LogP contribution in [-0.2, 0) is 4.79 Å². The number of hydrazone groups is 1. The van der Waals surface area contributed by atoms with Crippen molar-refractivity contribution in [2.75, 3.05) is 0 Å². The molecule has 1 atom stereocenters. The van der Waals surface area contributed by atoms with E-state index in [9.17, 15) is 19.5 Å². The predicted octanol–water partition coefficient (Wildman–Crippen LogP) is 2.84. The fraction of sp³-hybridized carbons (Fsp3) is 0.455. The number of aromatic amines is 1. The number of carbonyl (C=O) groups excluding carboxylic acids is 1. The fourth-order valence-electron chi connectivity index (χ4n) is 4.46. The highest BCUT2D eigenvalue weighted by atomic mass is 16.3. The van der Waals surface area contributed by atoms with Gasteiger partial charge >= 0.3 is 5.69 Å². The summed E-state index contributed by atoms with van der Waals surface area (Å²) in [7, 11) is 0. The molecule has 1 amide bonds. The third kappa shape index (κ3) is 3.58. The van der Waals surface area contributed by atoms with Crippen molar-refractivity contribution in [3.8, 4) is 5.88 Å². The Bertz CT molecular complexity index is 1080. The molecule has 2 N–H and O–H groups in total. The van der Waals surface area contributed by atoms with Crippen LogP contribution in [0.3, 0.4) is 0 Å². The lowest BCUT2D eigenvalue weighted by Gasteiger charge is -2.25. The Labute approximate surface area is 173 Å². The number of nitrogens with one attached hydrogen (secondary N) is 1. The number of nitrogens with zero attached hydrogens (tertiary/aromatic N) is 3. The van der Waals surface area contributed by atoms with Crippen molar-refractivity contribution in [2.24, 2.45) is 5.10 Å². The van der Waals surface area contributed by atoms with Gasteiger partial charge in [0.15, 0.2) is 0 Å². The smallest absolute Gasteiger partial charge is 0.331 e. The molecular formula is C22H26N4O4. The first-order chi connectivity index (χ1) is 14.5. The minimum Gasteiger partial charge on any atom is -0.494 e. The van der Waals surface area contributed by atoms with E-state index in [2.05, 4.69) is 10.1 Å². The standard InChI is InChI=1S/C22H26N4O4/c1-2-18(27)26-17(14-9-5-3-6-10-14)13-16(24-26)19-20(28)23-22(30)25(21(19)29)15-11-7-4-8-12-15/h3,5-6,9-10,15,17,29H,2,4,7-8,11-13H2,1H3,(H,23,28,30)/t17-/m0/s1. The van der Waals surface area contributed by atoms with Crippen LogP contribution >= 0.6 is 0 Å². The normalized spacial score (nSPS) is 19.7. The Kier molecular flexibility index (Phi) is 5.57. The first-order valence-electron chi connectivity index (χ1n) is 10.5. The molecule has 30 heavy (non-hydrogen) atoms. The summed E-state index contributed by atoms with van der Waals surface area (Å²) in [6.07, 6.45) is 5.15. The van der Waals surface area contributed by atoms with E-state index in [4.69, 9.17) is 0 Å². The van der Waals surface area contributed by atoms with Crippen LogP contribution in [0.4, 0.5) is 0 Å². The molecule has 0 bridgehead atoms. The maximum absolute atomic E-state index is 12.7. The second-order valence-corrected chi connectivity index (χ2v) is 7.89. The lowest BCUT2D eigenvalue weighted by atomic mass is 9.95. The summed E-state index contributed by atoms with van der Waals surface area (Å²) >= 11 is 0. The molecule has 1 aliphatic carbocycles. The Hall–Kier alpha value is -3.16. The number of benzene rings is 1. The quantitative estimate of drug-likeness (QED) is 0.808. The second-order valence-electron chi connectivity index (χ2n) is 7.89. The summed E-state index contributed by atoms with van der Waals surface area (Å²) < 4.78 is 1.29. The van der Waals surface area contributed by atoms with Gasteiger partial charge in [-0.15, -0.1) is 0 Å². The van der Waals surface area contributed by atoms with Crippen molar-refractivity contribution in [3.05, 3.63) is 62.3 Å². The zero-order valence-electron chi connectivity index (χ0n) is 17.0. The van der Waals surface area contributed by atoms with E-state index >= 15 is 0 Å². The van der Waals surface area contributed by atoms with Gasteiger partial charge in [-0.1, -0.05) is 56.5 Å². The Morgan fingerprint density at radius 3 is 2.53 bits per heavy atom. The van der Waals surface area contributed by atoms with E-state index in [1.165, 1.54) is 9.58 Å². The van der Waals surface area contributed by atoms with Crippen molar-refractivity contribution in [3.63, 3.8) is 0 Å². The number of hydrogen-bond acceptors (Lipinski definition) is 5. The predicted molar refractivity (Wildman–Crippen MR) is 113 cm³/mol. The van der Waals surface area contributed by atoms with Crippen LogP contribution in [0.15, 0.2) is 45.0 Å². The van der Waals surface area contributed by atoms with Gasteiger partial charge in [0.1, 0.15) is 5.56 Å². The molecule has 2 aliphatic rings. The molecule has 8 nitrogen and oxygen atoms in total. The van der Waals surface area contributed by atoms with Crippen LogP contribution < -0.4 is 11.2 Å². The number of amides is 1. The molecule has 1 aromatic carbocycles. The number of aromatic nitrogens is 2. The molecule has 1 fully saturated rings. The zero-order chi connectivity index (χ0) is 21.3. The molecule has 0 saturated heterocycles. The molecule has 0 unspecified atom stereocenters. The highest BCUT2D eigenvalue weighted by Crippen LogP contribution is 2.35. The van der Waals surface area contributed by atoms with Crippen LogP contribution in [-0.4, -0.2) is 31.3 Å². The SMILES string of the molecule is CCC(=O)N1N=C(c2c(O)n(C3CCCCC3)c(=O)[nH]c2=O)C[C@H]1c1ccccc1. The van der Waals surface area contributed by atoms with Gasteiger partial charge in [-0.3, -0.25) is 19.1 Å². The Morgan fingerprint density at radius 2 is 1.87 bits per heavy atom. The van der Waals surface area contributed by atoms with E-state index < -0.39 is 11.2 Å². The van der Waals surface area contributed by atoms with Crippen molar-refractivity contribution in [2.45, 2.75) is 64.0 Å². The monoisotopic (exact) mass is 410 g/mol. The number of carbonyl (C=O) groups is 1. The van der Waals surface area contributed by atoms with Gasteiger partial charge in [0, 0.05) is 18.9 Å².